The zero-order valence-electron chi connectivity index (χ0n) is 9.47. The van der Waals surface area contributed by atoms with Crippen LogP contribution in [0.25, 0.3) is 0 Å². The molecule has 0 heterocycles. The zero-order valence-corrected chi connectivity index (χ0v) is 10.3. The van der Waals surface area contributed by atoms with Crippen molar-refractivity contribution in [1.82, 2.24) is 0 Å². The highest BCUT2D eigenvalue weighted by Gasteiger charge is 2.14. The van der Waals surface area contributed by atoms with Crippen LogP contribution in [0.1, 0.15) is 19.8 Å². The first-order chi connectivity index (χ1) is 7.67. The fourth-order valence-electron chi connectivity index (χ4n) is 1.36. The minimum Gasteiger partial charge on any atom is -0.496 e. The summed E-state index contributed by atoms with van der Waals surface area (Å²) in [7, 11) is 1.62. The summed E-state index contributed by atoms with van der Waals surface area (Å²) in [5.74, 6) is 0.0468. The van der Waals surface area contributed by atoms with Gasteiger partial charge in [0.25, 0.3) is 0 Å². The largest absolute Gasteiger partial charge is 0.496 e. The zero-order chi connectivity index (χ0) is 12.0. The van der Waals surface area contributed by atoms with Gasteiger partial charge in [-0.05, 0) is 18.6 Å². The lowest BCUT2D eigenvalue weighted by atomic mass is 10.2. The van der Waals surface area contributed by atoms with Gasteiger partial charge in [0.1, 0.15) is 5.75 Å². The van der Waals surface area contributed by atoms with Gasteiger partial charge in [-0.2, -0.15) is 0 Å². The highest BCUT2D eigenvalue weighted by atomic mass is 32.2. The molecule has 1 aromatic rings. The van der Waals surface area contributed by atoms with Gasteiger partial charge in [0.05, 0.1) is 13.5 Å². The van der Waals surface area contributed by atoms with Crippen LogP contribution in [0.5, 0.6) is 5.75 Å². The average Bonchev–Trinajstić information content (AvgIpc) is 2.28. The van der Waals surface area contributed by atoms with E-state index in [0.29, 0.717) is 0 Å². The average molecular weight is 240 g/mol. The topological polar surface area (TPSA) is 46.5 Å². The maximum absolute atomic E-state index is 10.7. The van der Waals surface area contributed by atoms with Crippen molar-refractivity contribution < 1.29 is 14.6 Å². The number of carbonyl (C=O) groups is 1. The Morgan fingerprint density at radius 1 is 1.50 bits per heavy atom. The molecule has 0 saturated carbocycles. The molecule has 1 atom stereocenters. The first-order valence-corrected chi connectivity index (χ1v) is 6.06. The molecule has 1 aromatic carbocycles. The number of para-hydroxylation sites is 1. The maximum atomic E-state index is 10.7. The number of ether oxygens (including phenoxy) is 1. The molecule has 1 unspecified atom stereocenters. The number of hydrogen-bond donors (Lipinski definition) is 1. The van der Waals surface area contributed by atoms with Gasteiger partial charge in [-0.1, -0.05) is 19.1 Å². The summed E-state index contributed by atoms with van der Waals surface area (Å²) in [6, 6.07) is 7.67. The van der Waals surface area contributed by atoms with E-state index in [1.54, 1.807) is 18.9 Å². The number of aliphatic carboxylic acids is 1. The Labute approximate surface area is 99.8 Å². The number of hydrogen-bond acceptors (Lipinski definition) is 3. The lowest BCUT2D eigenvalue weighted by Gasteiger charge is -2.14. The second-order valence-corrected chi connectivity index (χ2v) is 4.74. The van der Waals surface area contributed by atoms with Gasteiger partial charge in [0.2, 0.25) is 0 Å². The van der Waals surface area contributed by atoms with E-state index in [4.69, 9.17) is 9.84 Å². The molecule has 0 amide bonds. The molecule has 0 fully saturated rings. The Morgan fingerprint density at radius 3 is 2.75 bits per heavy atom. The second kappa shape index (κ2) is 6.43. The molecule has 0 radical (unpaired) electrons. The van der Waals surface area contributed by atoms with E-state index in [1.165, 1.54) is 0 Å². The molecule has 3 nitrogen and oxygen atoms in total. The van der Waals surface area contributed by atoms with Crippen molar-refractivity contribution >= 4 is 17.7 Å². The van der Waals surface area contributed by atoms with Gasteiger partial charge in [-0.25, -0.2) is 0 Å². The Bertz CT molecular complexity index is 352. The summed E-state index contributed by atoms with van der Waals surface area (Å²) in [5, 5.41) is 8.87. The standard InChI is InChI=1S/C12H16O3S/c1-3-9(8-12(13)14)16-11-7-5-4-6-10(11)15-2/h4-7,9H,3,8H2,1-2H3,(H,13,14). The highest BCUT2D eigenvalue weighted by Crippen LogP contribution is 2.34. The fraction of sp³-hybridized carbons (Fsp3) is 0.417. The van der Waals surface area contributed by atoms with Crippen molar-refractivity contribution in [3.8, 4) is 5.75 Å². The van der Waals surface area contributed by atoms with Gasteiger partial charge in [0.15, 0.2) is 0 Å². The lowest BCUT2D eigenvalue weighted by molar-refractivity contribution is -0.136. The monoisotopic (exact) mass is 240 g/mol. The summed E-state index contributed by atoms with van der Waals surface area (Å²) in [4.78, 5) is 11.7. The van der Waals surface area contributed by atoms with E-state index in [-0.39, 0.29) is 11.7 Å². The predicted octanol–water partition coefficient (Wildman–Crippen LogP) is 3.04. The number of rotatable bonds is 6. The molecule has 0 aromatic heterocycles. The van der Waals surface area contributed by atoms with Gasteiger partial charge < -0.3 is 9.84 Å². The van der Waals surface area contributed by atoms with Crippen molar-refractivity contribution in [3.05, 3.63) is 24.3 Å². The van der Waals surface area contributed by atoms with E-state index in [0.717, 1.165) is 17.1 Å². The Morgan fingerprint density at radius 2 is 2.19 bits per heavy atom. The van der Waals surface area contributed by atoms with E-state index >= 15 is 0 Å². The third-order valence-corrected chi connectivity index (χ3v) is 3.64. The van der Waals surface area contributed by atoms with Crippen LogP contribution in [0.4, 0.5) is 0 Å². The molecule has 1 N–H and O–H groups in total. The minimum atomic E-state index is -0.755. The number of carboxylic acids is 1. The first kappa shape index (κ1) is 12.9. The predicted molar refractivity (Wildman–Crippen MR) is 65.2 cm³/mol. The third-order valence-electron chi connectivity index (χ3n) is 2.22. The maximum Gasteiger partial charge on any atom is 0.304 e. The van der Waals surface area contributed by atoms with Crippen LogP contribution in [0, 0.1) is 0 Å². The summed E-state index contributed by atoms with van der Waals surface area (Å²) in [6.45, 7) is 2.00. The van der Waals surface area contributed by atoms with Crippen LogP contribution < -0.4 is 4.74 Å². The van der Waals surface area contributed by atoms with Gasteiger partial charge in [0, 0.05) is 10.1 Å². The molecule has 0 aliphatic carbocycles. The van der Waals surface area contributed by atoms with Gasteiger partial charge >= 0.3 is 5.97 Å². The van der Waals surface area contributed by atoms with Crippen LogP contribution in [0.3, 0.4) is 0 Å². The smallest absolute Gasteiger partial charge is 0.304 e. The SMILES string of the molecule is CCC(CC(=O)O)Sc1ccccc1OC. The van der Waals surface area contributed by atoms with Crippen LogP contribution in [-0.4, -0.2) is 23.4 Å². The molecule has 4 heteroatoms. The molecular formula is C12H16O3S. The van der Waals surface area contributed by atoms with E-state index < -0.39 is 5.97 Å². The minimum absolute atomic E-state index is 0.0915. The van der Waals surface area contributed by atoms with E-state index in [2.05, 4.69) is 0 Å². The Hall–Kier alpha value is -1.16. The van der Waals surface area contributed by atoms with Crippen molar-refractivity contribution in [1.29, 1.82) is 0 Å². The van der Waals surface area contributed by atoms with Crippen LogP contribution in [0.15, 0.2) is 29.2 Å². The number of carboxylic acid groups (broad SMARTS) is 1. The third kappa shape index (κ3) is 3.77. The molecule has 1 rings (SSSR count). The van der Waals surface area contributed by atoms with Crippen LogP contribution in [-0.2, 0) is 4.79 Å². The molecule has 0 bridgehead atoms. The van der Waals surface area contributed by atoms with Crippen molar-refractivity contribution in [3.63, 3.8) is 0 Å². The van der Waals surface area contributed by atoms with Gasteiger partial charge in [-0.3, -0.25) is 4.79 Å². The summed E-state index contributed by atoms with van der Waals surface area (Å²) >= 11 is 1.56. The molecule has 0 saturated heterocycles. The Balaban J connectivity index is 2.73. The van der Waals surface area contributed by atoms with Crippen LogP contribution >= 0.6 is 11.8 Å². The van der Waals surface area contributed by atoms with Crippen molar-refractivity contribution in [2.45, 2.75) is 29.9 Å². The van der Waals surface area contributed by atoms with E-state index in [1.807, 2.05) is 31.2 Å². The fourth-order valence-corrected chi connectivity index (χ4v) is 2.54. The quantitative estimate of drug-likeness (QED) is 0.776. The molecular weight excluding hydrogens is 224 g/mol. The van der Waals surface area contributed by atoms with Gasteiger partial charge in [-0.15, -0.1) is 11.8 Å². The van der Waals surface area contributed by atoms with Crippen molar-refractivity contribution in [2.24, 2.45) is 0 Å². The normalized spacial score (nSPS) is 12.1. The molecule has 16 heavy (non-hydrogen) atoms. The molecule has 0 spiro atoms. The second-order valence-electron chi connectivity index (χ2n) is 3.40. The van der Waals surface area contributed by atoms with E-state index in [9.17, 15) is 4.79 Å². The lowest BCUT2D eigenvalue weighted by Crippen LogP contribution is -2.08. The highest BCUT2D eigenvalue weighted by molar-refractivity contribution is 8.00. The number of thioether (sulfide) groups is 1. The first-order valence-electron chi connectivity index (χ1n) is 5.18. The summed E-state index contributed by atoms with van der Waals surface area (Å²) in [6.07, 6.45) is 1.01. The summed E-state index contributed by atoms with van der Waals surface area (Å²) < 4.78 is 5.23. The van der Waals surface area contributed by atoms with Crippen LogP contribution in [0.2, 0.25) is 0 Å². The molecule has 0 aliphatic rings. The van der Waals surface area contributed by atoms with Crippen molar-refractivity contribution in [2.75, 3.05) is 7.11 Å². The molecule has 0 aliphatic heterocycles. The summed E-state index contributed by atoms with van der Waals surface area (Å²) in [5.41, 5.74) is 0. The number of methoxy groups -OCH3 is 1. The molecule has 88 valence electrons. The Kier molecular flexibility index (Phi) is 5.19. The number of benzene rings is 1.